The second-order valence-corrected chi connectivity index (χ2v) is 7.74. The van der Waals surface area contributed by atoms with Gasteiger partial charge in [-0.2, -0.15) is 0 Å². The molecule has 1 unspecified atom stereocenters. The molecule has 7 heteroatoms. The van der Waals surface area contributed by atoms with Crippen LogP contribution in [0, 0.1) is 0 Å². The highest BCUT2D eigenvalue weighted by molar-refractivity contribution is 5.94. The number of urea groups is 1. The van der Waals surface area contributed by atoms with Crippen molar-refractivity contribution in [3.63, 3.8) is 0 Å². The van der Waals surface area contributed by atoms with Gasteiger partial charge < -0.3 is 19.7 Å². The summed E-state index contributed by atoms with van der Waals surface area (Å²) in [5, 5.41) is 5.45. The zero-order valence-corrected chi connectivity index (χ0v) is 16.9. The van der Waals surface area contributed by atoms with Crippen LogP contribution in [-0.4, -0.2) is 45.3 Å². The summed E-state index contributed by atoms with van der Waals surface area (Å²) in [5.41, 5.74) is 1.08. The molecule has 7 nitrogen and oxygen atoms in total. The Morgan fingerprint density at radius 2 is 1.86 bits per heavy atom. The molecule has 3 rings (SSSR count). The lowest BCUT2D eigenvalue weighted by atomic mass is 9.96. The van der Waals surface area contributed by atoms with Gasteiger partial charge in [0.15, 0.2) is 6.54 Å². The number of nitrogens with one attached hydrogen (secondary N) is 3. The van der Waals surface area contributed by atoms with Crippen LogP contribution in [0.2, 0.25) is 0 Å². The standard InChI is InChI=1S/C21H31N3O4/c1-27-16-10-11-17(19(13-16)28-2)18-9-6-12-24(18)14-20(25)23-21(26)22-15-7-4-3-5-8-15/h10-11,13,15,18H,3-9,12,14H2,1-2H3,(H2,22,23,25,26)/p+1/t18-/m0/s1. The molecule has 0 bridgehead atoms. The summed E-state index contributed by atoms with van der Waals surface area (Å²) in [7, 11) is 3.28. The highest BCUT2D eigenvalue weighted by atomic mass is 16.5. The zero-order chi connectivity index (χ0) is 19.9. The number of ether oxygens (including phenoxy) is 2. The Bertz CT molecular complexity index is 688. The van der Waals surface area contributed by atoms with Gasteiger partial charge in [-0.15, -0.1) is 0 Å². The van der Waals surface area contributed by atoms with Gasteiger partial charge >= 0.3 is 6.03 Å². The number of imide groups is 1. The summed E-state index contributed by atoms with van der Waals surface area (Å²) in [5.74, 6) is 1.29. The van der Waals surface area contributed by atoms with Gasteiger partial charge in [-0.05, 0) is 25.0 Å². The molecule has 1 saturated carbocycles. The lowest BCUT2D eigenvalue weighted by Crippen LogP contribution is -3.11. The topological polar surface area (TPSA) is 81.1 Å². The van der Waals surface area contributed by atoms with E-state index < -0.39 is 0 Å². The number of carbonyl (C=O) groups is 2. The second kappa shape index (κ2) is 9.78. The van der Waals surface area contributed by atoms with E-state index >= 15 is 0 Å². The average molecular weight is 391 g/mol. The third-order valence-corrected chi connectivity index (χ3v) is 5.88. The Labute approximate surface area is 166 Å². The lowest BCUT2D eigenvalue weighted by molar-refractivity contribution is -0.910. The van der Waals surface area contributed by atoms with Crippen molar-refractivity contribution >= 4 is 11.9 Å². The van der Waals surface area contributed by atoms with E-state index in [-0.39, 0.29) is 30.6 Å². The summed E-state index contributed by atoms with van der Waals surface area (Å²) >= 11 is 0. The molecule has 28 heavy (non-hydrogen) atoms. The molecule has 1 saturated heterocycles. The van der Waals surface area contributed by atoms with Gasteiger partial charge in [-0.25, -0.2) is 4.79 Å². The van der Waals surface area contributed by atoms with Crippen molar-refractivity contribution in [1.29, 1.82) is 0 Å². The number of hydrogen-bond acceptors (Lipinski definition) is 4. The van der Waals surface area contributed by atoms with E-state index in [4.69, 9.17) is 9.47 Å². The summed E-state index contributed by atoms with van der Waals surface area (Å²) in [6.45, 7) is 1.18. The van der Waals surface area contributed by atoms with E-state index in [1.54, 1.807) is 14.2 Å². The summed E-state index contributed by atoms with van der Waals surface area (Å²) < 4.78 is 10.8. The molecule has 1 aromatic rings. The maximum absolute atomic E-state index is 12.4. The first-order valence-electron chi connectivity index (χ1n) is 10.3. The molecule has 0 spiro atoms. The zero-order valence-electron chi connectivity index (χ0n) is 16.9. The fraction of sp³-hybridized carbons (Fsp3) is 0.619. The first kappa shape index (κ1) is 20.5. The van der Waals surface area contributed by atoms with Gasteiger partial charge in [0.05, 0.1) is 26.3 Å². The van der Waals surface area contributed by atoms with Crippen LogP contribution in [0.25, 0.3) is 0 Å². The van der Waals surface area contributed by atoms with Crippen LogP contribution in [-0.2, 0) is 4.79 Å². The van der Waals surface area contributed by atoms with Gasteiger partial charge in [-0.1, -0.05) is 19.3 Å². The Hall–Kier alpha value is -2.28. The maximum Gasteiger partial charge on any atom is 0.321 e. The minimum absolute atomic E-state index is 0.174. The van der Waals surface area contributed by atoms with Gasteiger partial charge in [0, 0.05) is 24.9 Å². The van der Waals surface area contributed by atoms with Crippen molar-refractivity contribution in [3.05, 3.63) is 23.8 Å². The summed E-state index contributed by atoms with van der Waals surface area (Å²) in [4.78, 5) is 25.7. The monoisotopic (exact) mass is 390 g/mol. The van der Waals surface area contributed by atoms with Gasteiger partial charge in [0.25, 0.3) is 5.91 Å². The number of methoxy groups -OCH3 is 2. The molecular formula is C21H32N3O4+. The summed E-state index contributed by atoms with van der Waals surface area (Å²) in [6.07, 6.45) is 7.53. The number of amides is 3. The minimum Gasteiger partial charge on any atom is -0.497 e. The quantitative estimate of drug-likeness (QED) is 0.689. The molecule has 0 aromatic heterocycles. The molecule has 154 valence electrons. The highest BCUT2D eigenvalue weighted by Crippen LogP contribution is 2.31. The molecule has 3 N–H and O–H groups in total. The SMILES string of the molecule is COc1ccc([C@@H]2CCC[NH+]2CC(=O)NC(=O)NC2CCCCC2)c(OC)c1. The highest BCUT2D eigenvalue weighted by Gasteiger charge is 2.34. The Kier molecular flexibility index (Phi) is 7.14. The fourth-order valence-corrected chi connectivity index (χ4v) is 4.45. The molecule has 1 aromatic carbocycles. The van der Waals surface area contributed by atoms with Crippen molar-refractivity contribution in [1.82, 2.24) is 10.6 Å². The fourth-order valence-electron chi connectivity index (χ4n) is 4.45. The van der Waals surface area contributed by atoms with Gasteiger partial charge in [-0.3, -0.25) is 10.1 Å². The molecule has 1 aliphatic carbocycles. The lowest BCUT2D eigenvalue weighted by Gasteiger charge is -2.24. The minimum atomic E-state index is -0.367. The van der Waals surface area contributed by atoms with E-state index in [0.29, 0.717) is 0 Å². The van der Waals surface area contributed by atoms with Gasteiger partial charge in [0.2, 0.25) is 0 Å². The van der Waals surface area contributed by atoms with Crippen LogP contribution < -0.4 is 25.0 Å². The predicted molar refractivity (Wildman–Crippen MR) is 106 cm³/mol. The smallest absolute Gasteiger partial charge is 0.321 e. The predicted octanol–water partition coefficient (Wildman–Crippen LogP) is 1.58. The third-order valence-electron chi connectivity index (χ3n) is 5.88. The van der Waals surface area contributed by atoms with E-state index in [0.717, 1.165) is 67.0 Å². The number of hydrogen-bond donors (Lipinski definition) is 3. The normalized spacial score (nSPS) is 22.5. The van der Waals surface area contributed by atoms with Crippen LogP contribution in [0.3, 0.4) is 0 Å². The van der Waals surface area contributed by atoms with Crippen LogP contribution in [0.1, 0.15) is 56.6 Å². The largest absolute Gasteiger partial charge is 0.497 e. The molecule has 0 radical (unpaired) electrons. The van der Waals surface area contributed by atoms with Gasteiger partial charge in [0.1, 0.15) is 17.5 Å². The number of carbonyl (C=O) groups excluding carboxylic acids is 2. The maximum atomic E-state index is 12.4. The van der Waals surface area contributed by atoms with Crippen molar-refractivity contribution in [3.8, 4) is 11.5 Å². The first-order valence-corrected chi connectivity index (χ1v) is 10.3. The Morgan fingerprint density at radius 1 is 1.07 bits per heavy atom. The summed E-state index contributed by atoms with van der Waals surface area (Å²) in [6, 6.07) is 5.81. The van der Waals surface area contributed by atoms with E-state index in [1.807, 2.05) is 18.2 Å². The van der Waals surface area contributed by atoms with E-state index in [9.17, 15) is 9.59 Å². The van der Waals surface area contributed by atoms with E-state index in [1.165, 1.54) is 6.42 Å². The van der Waals surface area contributed by atoms with Crippen LogP contribution in [0.4, 0.5) is 4.79 Å². The van der Waals surface area contributed by atoms with Crippen LogP contribution in [0.15, 0.2) is 18.2 Å². The Morgan fingerprint density at radius 3 is 2.57 bits per heavy atom. The third kappa shape index (κ3) is 5.16. The molecule has 1 heterocycles. The average Bonchev–Trinajstić information content (AvgIpc) is 3.15. The number of benzene rings is 1. The number of quaternary nitrogens is 1. The van der Waals surface area contributed by atoms with Crippen LogP contribution >= 0.6 is 0 Å². The first-order chi connectivity index (χ1) is 13.6. The molecule has 3 amide bonds. The molecule has 2 aliphatic rings. The van der Waals surface area contributed by atoms with Crippen LogP contribution in [0.5, 0.6) is 11.5 Å². The molecule has 2 fully saturated rings. The van der Waals surface area contributed by atoms with Crippen molar-refractivity contribution in [2.45, 2.75) is 57.0 Å². The van der Waals surface area contributed by atoms with Crippen molar-refractivity contribution < 1.29 is 24.0 Å². The van der Waals surface area contributed by atoms with E-state index in [2.05, 4.69) is 10.6 Å². The Balaban J connectivity index is 1.57. The van der Waals surface area contributed by atoms with Crippen molar-refractivity contribution in [2.75, 3.05) is 27.3 Å². The molecule has 1 aliphatic heterocycles. The number of rotatable bonds is 6. The second-order valence-electron chi connectivity index (χ2n) is 7.74. The number of likely N-dealkylation sites (tertiary alicyclic amines) is 1. The molecule has 2 atom stereocenters. The molecular weight excluding hydrogens is 358 g/mol. The van der Waals surface area contributed by atoms with Crippen molar-refractivity contribution in [2.24, 2.45) is 0 Å².